The SMILES string of the molecule is [CH2]C(O)CN1CCN(C(=O)c2ccco2)CC1. The average molecular weight is 237 g/mol. The van der Waals surface area contributed by atoms with E-state index in [1.165, 1.54) is 6.26 Å². The lowest BCUT2D eigenvalue weighted by molar-refractivity contribution is 0.0549. The molecule has 0 spiro atoms. The van der Waals surface area contributed by atoms with Crippen LogP contribution in [0.4, 0.5) is 0 Å². The number of rotatable bonds is 3. The maximum atomic E-state index is 11.9. The van der Waals surface area contributed by atoms with Gasteiger partial charge in [0, 0.05) is 32.7 Å². The molecular weight excluding hydrogens is 220 g/mol. The molecule has 1 radical (unpaired) electrons. The molecule has 1 saturated heterocycles. The molecule has 5 nitrogen and oxygen atoms in total. The fraction of sp³-hybridized carbons (Fsp3) is 0.500. The van der Waals surface area contributed by atoms with E-state index < -0.39 is 6.10 Å². The van der Waals surface area contributed by atoms with Gasteiger partial charge in [-0.1, -0.05) is 0 Å². The van der Waals surface area contributed by atoms with Gasteiger partial charge in [0.2, 0.25) is 0 Å². The van der Waals surface area contributed by atoms with Crippen molar-refractivity contribution in [3.63, 3.8) is 0 Å². The monoisotopic (exact) mass is 237 g/mol. The lowest BCUT2D eigenvalue weighted by Gasteiger charge is -2.34. The minimum Gasteiger partial charge on any atom is -0.459 e. The highest BCUT2D eigenvalue weighted by Crippen LogP contribution is 2.09. The smallest absolute Gasteiger partial charge is 0.289 e. The van der Waals surface area contributed by atoms with Crippen LogP contribution < -0.4 is 0 Å². The minimum atomic E-state index is -0.567. The summed E-state index contributed by atoms with van der Waals surface area (Å²) in [5.41, 5.74) is 0. The van der Waals surface area contributed by atoms with Crippen LogP contribution in [-0.2, 0) is 0 Å². The largest absolute Gasteiger partial charge is 0.459 e. The fourth-order valence-electron chi connectivity index (χ4n) is 1.99. The lowest BCUT2D eigenvalue weighted by Crippen LogP contribution is -2.50. The van der Waals surface area contributed by atoms with E-state index in [-0.39, 0.29) is 5.91 Å². The number of furan rings is 1. The molecule has 93 valence electrons. The number of aliphatic hydroxyl groups excluding tert-OH is 1. The summed E-state index contributed by atoms with van der Waals surface area (Å²) in [6.07, 6.45) is 0.935. The van der Waals surface area contributed by atoms with Crippen LogP contribution in [-0.4, -0.2) is 59.6 Å². The molecule has 5 heteroatoms. The first kappa shape index (κ1) is 12.1. The molecule has 0 bridgehead atoms. The van der Waals surface area contributed by atoms with Crippen molar-refractivity contribution >= 4 is 5.91 Å². The summed E-state index contributed by atoms with van der Waals surface area (Å²) >= 11 is 0. The lowest BCUT2D eigenvalue weighted by atomic mass is 10.2. The molecule has 1 aromatic rings. The van der Waals surface area contributed by atoms with E-state index in [0.717, 1.165) is 13.1 Å². The first-order valence-electron chi connectivity index (χ1n) is 5.73. The summed E-state index contributed by atoms with van der Waals surface area (Å²) in [4.78, 5) is 15.8. The Bertz CT molecular complexity index is 354. The zero-order valence-corrected chi connectivity index (χ0v) is 9.71. The molecule has 1 amide bonds. The number of carbonyl (C=O) groups excluding carboxylic acids is 1. The second-order valence-electron chi connectivity index (χ2n) is 4.22. The molecule has 1 atom stereocenters. The van der Waals surface area contributed by atoms with Crippen LogP contribution in [0.25, 0.3) is 0 Å². The highest BCUT2D eigenvalue weighted by molar-refractivity contribution is 5.91. The van der Waals surface area contributed by atoms with Gasteiger partial charge in [0.15, 0.2) is 5.76 Å². The number of aliphatic hydroxyl groups is 1. The highest BCUT2D eigenvalue weighted by atomic mass is 16.3. The average Bonchev–Trinajstić information content (AvgIpc) is 2.82. The Morgan fingerprint density at radius 2 is 2.18 bits per heavy atom. The maximum Gasteiger partial charge on any atom is 0.289 e. The standard InChI is InChI=1S/C12H17N2O3/c1-10(15)9-13-4-6-14(7-5-13)12(16)11-3-2-8-17-11/h2-3,8,10,15H,1,4-7,9H2. The van der Waals surface area contributed by atoms with E-state index in [0.29, 0.717) is 25.4 Å². The Kier molecular flexibility index (Phi) is 3.81. The van der Waals surface area contributed by atoms with Gasteiger partial charge in [-0.2, -0.15) is 0 Å². The molecule has 0 aromatic carbocycles. The Morgan fingerprint density at radius 3 is 2.71 bits per heavy atom. The van der Waals surface area contributed by atoms with Crippen LogP contribution in [0.1, 0.15) is 10.6 Å². The van der Waals surface area contributed by atoms with Crippen LogP contribution >= 0.6 is 0 Å². The zero-order chi connectivity index (χ0) is 12.3. The number of hydrogen-bond acceptors (Lipinski definition) is 4. The van der Waals surface area contributed by atoms with Crippen molar-refractivity contribution in [2.45, 2.75) is 6.10 Å². The van der Waals surface area contributed by atoms with E-state index in [1.807, 2.05) is 0 Å². The number of nitrogens with zero attached hydrogens (tertiary/aromatic N) is 2. The molecule has 0 saturated carbocycles. The second-order valence-corrected chi connectivity index (χ2v) is 4.22. The van der Waals surface area contributed by atoms with E-state index in [9.17, 15) is 9.90 Å². The number of β-amino-alcohol motifs (C(OH)–C–C–N with tert-alkyl or cyclic N) is 1. The van der Waals surface area contributed by atoms with Gasteiger partial charge >= 0.3 is 0 Å². The number of carbonyl (C=O) groups is 1. The van der Waals surface area contributed by atoms with E-state index >= 15 is 0 Å². The molecule has 2 rings (SSSR count). The van der Waals surface area contributed by atoms with Gasteiger partial charge < -0.3 is 14.4 Å². The van der Waals surface area contributed by atoms with Gasteiger partial charge in [0.1, 0.15) is 0 Å². The summed E-state index contributed by atoms with van der Waals surface area (Å²) in [7, 11) is 0. The molecule has 1 N–H and O–H groups in total. The van der Waals surface area contributed by atoms with E-state index in [2.05, 4.69) is 11.8 Å². The van der Waals surface area contributed by atoms with Crippen LogP contribution in [0.5, 0.6) is 0 Å². The topological polar surface area (TPSA) is 56.9 Å². The Hall–Kier alpha value is -1.33. The summed E-state index contributed by atoms with van der Waals surface area (Å²) < 4.78 is 5.09. The minimum absolute atomic E-state index is 0.0650. The third-order valence-corrected chi connectivity index (χ3v) is 2.86. The van der Waals surface area contributed by atoms with Crippen molar-refractivity contribution in [2.24, 2.45) is 0 Å². The van der Waals surface area contributed by atoms with Crippen molar-refractivity contribution in [3.05, 3.63) is 31.1 Å². The Balaban J connectivity index is 1.85. The van der Waals surface area contributed by atoms with Gasteiger partial charge in [-0.3, -0.25) is 9.69 Å². The van der Waals surface area contributed by atoms with Gasteiger partial charge in [-0.05, 0) is 19.1 Å². The summed E-state index contributed by atoms with van der Waals surface area (Å²) in [5.74, 6) is 0.320. The molecule has 1 unspecified atom stereocenters. The zero-order valence-electron chi connectivity index (χ0n) is 9.71. The van der Waals surface area contributed by atoms with Gasteiger partial charge in [-0.25, -0.2) is 0 Å². The number of piperazine rings is 1. The van der Waals surface area contributed by atoms with Crippen molar-refractivity contribution in [1.29, 1.82) is 0 Å². The second kappa shape index (κ2) is 5.33. The first-order chi connectivity index (χ1) is 8.16. The third-order valence-electron chi connectivity index (χ3n) is 2.86. The molecule has 1 aromatic heterocycles. The van der Waals surface area contributed by atoms with Crippen LogP contribution in [0.2, 0.25) is 0 Å². The molecule has 2 heterocycles. The summed E-state index contributed by atoms with van der Waals surface area (Å²) in [5, 5.41) is 9.18. The van der Waals surface area contributed by atoms with Gasteiger partial charge in [0.25, 0.3) is 5.91 Å². The predicted molar refractivity (Wildman–Crippen MR) is 62.4 cm³/mol. The molecule has 1 aliphatic rings. The highest BCUT2D eigenvalue weighted by Gasteiger charge is 2.23. The Labute approximate surface area is 101 Å². The molecule has 1 aliphatic heterocycles. The molecule has 17 heavy (non-hydrogen) atoms. The fourth-order valence-corrected chi connectivity index (χ4v) is 1.99. The summed E-state index contributed by atoms with van der Waals surface area (Å²) in [6.45, 7) is 6.95. The van der Waals surface area contributed by atoms with Crippen molar-refractivity contribution in [3.8, 4) is 0 Å². The first-order valence-corrected chi connectivity index (χ1v) is 5.73. The van der Waals surface area contributed by atoms with E-state index in [1.54, 1.807) is 17.0 Å². The maximum absolute atomic E-state index is 11.9. The molecular formula is C12H17N2O3. The normalized spacial score (nSPS) is 19.3. The van der Waals surface area contributed by atoms with Gasteiger partial charge in [-0.15, -0.1) is 0 Å². The molecule has 1 fully saturated rings. The molecule has 0 aliphatic carbocycles. The van der Waals surface area contributed by atoms with Crippen molar-refractivity contribution in [2.75, 3.05) is 32.7 Å². The Morgan fingerprint density at radius 1 is 1.47 bits per heavy atom. The van der Waals surface area contributed by atoms with Crippen LogP contribution in [0.15, 0.2) is 22.8 Å². The van der Waals surface area contributed by atoms with Crippen molar-refractivity contribution < 1.29 is 14.3 Å². The van der Waals surface area contributed by atoms with Gasteiger partial charge in [0.05, 0.1) is 12.4 Å². The number of amides is 1. The van der Waals surface area contributed by atoms with Crippen LogP contribution in [0, 0.1) is 6.92 Å². The van der Waals surface area contributed by atoms with E-state index in [4.69, 9.17) is 4.42 Å². The third kappa shape index (κ3) is 3.08. The number of hydrogen-bond donors (Lipinski definition) is 1. The predicted octanol–water partition coefficient (Wildman–Crippen LogP) is 0.232. The quantitative estimate of drug-likeness (QED) is 0.817. The van der Waals surface area contributed by atoms with Crippen LogP contribution in [0.3, 0.4) is 0 Å². The van der Waals surface area contributed by atoms with Crippen molar-refractivity contribution in [1.82, 2.24) is 9.80 Å². The summed E-state index contributed by atoms with van der Waals surface area (Å²) in [6, 6.07) is 3.39.